The number of benzene rings is 1. The number of halogens is 2. The molecule has 0 spiro atoms. The predicted molar refractivity (Wildman–Crippen MR) is 128 cm³/mol. The van der Waals surface area contributed by atoms with Crippen LogP contribution in [0.15, 0.2) is 41.1 Å². The number of amides is 1. The molecule has 31 heavy (non-hydrogen) atoms. The first-order chi connectivity index (χ1) is 14.9. The lowest BCUT2D eigenvalue weighted by molar-refractivity contribution is -0.133. The van der Waals surface area contributed by atoms with E-state index < -0.39 is 0 Å². The van der Waals surface area contributed by atoms with E-state index in [0.29, 0.717) is 30.7 Å². The van der Waals surface area contributed by atoms with Gasteiger partial charge in [0.15, 0.2) is 5.65 Å². The number of aromatic amines is 1. The summed E-state index contributed by atoms with van der Waals surface area (Å²) in [6.45, 7) is 7.61. The fraction of sp³-hybridized carbons (Fsp3) is 0.409. The third-order valence-corrected chi connectivity index (χ3v) is 6.45. The number of fused-ring (bicyclic) bond motifs is 1. The molecule has 1 aliphatic heterocycles. The van der Waals surface area contributed by atoms with E-state index in [1.807, 2.05) is 29.2 Å². The molecular formula is C22H26BrClN6O. The minimum atomic E-state index is -0.237. The molecule has 1 atom stereocenters. The second-order valence-electron chi connectivity index (χ2n) is 8.07. The van der Waals surface area contributed by atoms with Gasteiger partial charge in [0.1, 0.15) is 0 Å². The summed E-state index contributed by atoms with van der Waals surface area (Å²) in [6, 6.07) is 7.91. The summed E-state index contributed by atoms with van der Waals surface area (Å²) >= 11 is 9.69. The molecule has 1 saturated heterocycles. The van der Waals surface area contributed by atoms with Crippen molar-refractivity contribution in [2.75, 3.05) is 37.6 Å². The summed E-state index contributed by atoms with van der Waals surface area (Å²) in [5.74, 6) is -0.0863. The molecule has 0 unspecified atom stereocenters. The Morgan fingerprint density at radius 3 is 2.58 bits per heavy atom. The molecule has 1 fully saturated rings. The first-order valence-corrected chi connectivity index (χ1v) is 11.6. The van der Waals surface area contributed by atoms with E-state index >= 15 is 0 Å². The van der Waals surface area contributed by atoms with Crippen LogP contribution in [0.5, 0.6) is 0 Å². The highest BCUT2D eigenvalue weighted by atomic mass is 79.9. The summed E-state index contributed by atoms with van der Waals surface area (Å²) in [5.41, 5.74) is 2.82. The molecule has 1 amide bonds. The zero-order valence-electron chi connectivity index (χ0n) is 17.6. The van der Waals surface area contributed by atoms with Gasteiger partial charge in [0.2, 0.25) is 5.91 Å². The summed E-state index contributed by atoms with van der Waals surface area (Å²) in [7, 11) is 0. The Morgan fingerprint density at radius 1 is 1.19 bits per heavy atom. The maximum atomic E-state index is 13.5. The van der Waals surface area contributed by atoms with Crippen molar-refractivity contribution < 1.29 is 4.79 Å². The molecule has 3 aromatic rings. The van der Waals surface area contributed by atoms with Crippen LogP contribution in [0.4, 0.5) is 5.69 Å². The Balaban J connectivity index is 1.49. The third-order valence-electron chi connectivity index (χ3n) is 5.62. The van der Waals surface area contributed by atoms with Gasteiger partial charge >= 0.3 is 0 Å². The second-order valence-corrected chi connectivity index (χ2v) is 9.36. The minimum Gasteiger partial charge on any atom is -0.366 e. The van der Waals surface area contributed by atoms with Gasteiger partial charge in [-0.25, -0.2) is 4.98 Å². The lowest BCUT2D eigenvalue weighted by Gasteiger charge is -2.38. The van der Waals surface area contributed by atoms with E-state index in [1.165, 1.54) is 0 Å². The lowest BCUT2D eigenvalue weighted by atomic mass is 9.96. The fourth-order valence-corrected chi connectivity index (χ4v) is 4.64. The topological polar surface area (TPSA) is 77.2 Å². The summed E-state index contributed by atoms with van der Waals surface area (Å²) in [6.07, 6.45) is 3.59. The largest absolute Gasteiger partial charge is 0.366 e. The van der Waals surface area contributed by atoms with Crippen LogP contribution < -0.4 is 10.2 Å². The molecule has 0 aliphatic carbocycles. The third kappa shape index (κ3) is 4.86. The van der Waals surface area contributed by atoms with Gasteiger partial charge in [-0.2, -0.15) is 5.10 Å². The summed E-state index contributed by atoms with van der Waals surface area (Å²) < 4.78 is 0.932. The van der Waals surface area contributed by atoms with Crippen LogP contribution in [0, 0.1) is 0 Å². The van der Waals surface area contributed by atoms with Gasteiger partial charge < -0.3 is 15.1 Å². The second kappa shape index (κ2) is 9.54. The Morgan fingerprint density at radius 2 is 1.90 bits per heavy atom. The number of rotatable bonds is 6. The Labute approximate surface area is 195 Å². The fourth-order valence-electron chi connectivity index (χ4n) is 3.95. The molecule has 7 nitrogen and oxygen atoms in total. The zero-order valence-corrected chi connectivity index (χ0v) is 19.9. The number of aromatic nitrogens is 3. The molecule has 9 heteroatoms. The molecule has 0 radical (unpaired) electrons. The van der Waals surface area contributed by atoms with Gasteiger partial charge in [-0.15, -0.1) is 0 Å². The Kier molecular flexibility index (Phi) is 6.79. The number of nitrogens with one attached hydrogen (secondary N) is 2. The van der Waals surface area contributed by atoms with E-state index in [0.717, 1.165) is 39.8 Å². The summed E-state index contributed by atoms with van der Waals surface area (Å²) in [4.78, 5) is 22.1. The van der Waals surface area contributed by atoms with Crippen LogP contribution >= 0.6 is 27.5 Å². The molecule has 3 heterocycles. The SMILES string of the molecule is CC(C)NC[C@@H](C(=O)N1CCN(c2c(Br)cnc3[nH]ncc23)CC1)c1ccc(Cl)cc1. The Bertz CT molecular complexity index is 1050. The van der Waals surface area contributed by atoms with E-state index in [2.05, 4.69) is 55.2 Å². The highest BCUT2D eigenvalue weighted by molar-refractivity contribution is 9.10. The van der Waals surface area contributed by atoms with Gasteiger partial charge in [-0.05, 0) is 33.6 Å². The maximum absolute atomic E-state index is 13.5. The van der Waals surface area contributed by atoms with Crippen LogP contribution in [0.1, 0.15) is 25.3 Å². The predicted octanol–water partition coefficient (Wildman–Crippen LogP) is 3.80. The van der Waals surface area contributed by atoms with Crippen molar-refractivity contribution in [3.8, 4) is 0 Å². The highest BCUT2D eigenvalue weighted by Crippen LogP contribution is 2.33. The van der Waals surface area contributed by atoms with Gasteiger partial charge in [-0.3, -0.25) is 9.89 Å². The number of H-pyrrole nitrogens is 1. The average molecular weight is 506 g/mol. The number of nitrogens with zero attached hydrogens (tertiary/aromatic N) is 4. The van der Waals surface area contributed by atoms with E-state index in [9.17, 15) is 4.79 Å². The molecule has 2 aromatic heterocycles. The molecule has 2 N–H and O–H groups in total. The van der Waals surface area contributed by atoms with Gasteiger partial charge in [0, 0.05) is 50.0 Å². The van der Waals surface area contributed by atoms with Crippen molar-refractivity contribution >= 4 is 50.2 Å². The van der Waals surface area contributed by atoms with E-state index in [1.54, 1.807) is 12.4 Å². The minimum absolute atomic E-state index is 0.150. The number of carbonyl (C=O) groups is 1. The smallest absolute Gasteiger partial charge is 0.231 e. The van der Waals surface area contributed by atoms with Crippen molar-refractivity contribution in [3.63, 3.8) is 0 Å². The van der Waals surface area contributed by atoms with Crippen molar-refractivity contribution in [1.29, 1.82) is 0 Å². The molecule has 1 aromatic carbocycles. The first-order valence-electron chi connectivity index (χ1n) is 10.4. The molecular weight excluding hydrogens is 480 g/mol. The number of piperazine rings is 1. The summed E-state index contributed by atoms with van der Waals surface area (Å²) in [5, 5.41) is 12.1. The maximum Gasteiger partial charge on any atom is 0.231 e. The van der Waals surface area contributed by atoms with Crippen LogP contribution in [-0.2, 0) is 4.79 Å². The quantitative estimate of drug-likeness (QED) is 0.533. The van der Waals surface area contributed by atoms with E-state index in [-0.39, 0.29) is 11.8 Å². The molecule has 0 saturated carbocycles. The highest BCUT2D eigenvalue weighted by Gasteiger charge is 2.30. The van der Waals surface area contributed by atoms with Gasteiger partial charge in [-0.1, -0.05) is 37.6 Å². The Hall–Kier alpha value is -2.16. The van der Waals surface area contributed by atoms with Crippen molar-refractivity contribution in [2.45, 2.75) is 25.8 Å². The van der Waals surface area contributed by atoms with Crippen molar-refractivity contribution in [1.82, 2.24) is 25.4 Å². The molecule has 1 aliphatic rings. The molecule has 4 rings (SSSR count). The van der Waals surface area contributed by atoms with Gasteiger partial charge in [0.25, 0.3) is 0 Å². The van der Waals surface area contributed by atoms with Gasteiger partial charge in [0.05, 0.1) is 27.7 Å². The van der Waals surface area contributed by atoms with Crippen LogP contribution in [0.25, 0.3) is 11.0 Å². The number of anilines is 1. The number of carbonyl (C=O) groups excluding carboxylic acids is 1. The standard InChI is InChI=1S/C22H26BrClN6O/c1-14(2)25-11-17(15-3-5-16(24)6-4-15)22(31)30-9-7-29(8-10-30)20-18-12-27-28-21(18)26-13-19(20)23/h3-6,12-14,17,25H,7-11H2,1-2H3,(H,26,27,28)/t17-/m1/s1. The van der Waals surface area contributed by atoms with Crippen LogP contribution in [0.2, 0.25) is 5.02 Å². The monoisotopic (exact) mass is 504 g/mol. The van der Waals surface area contributed by atoms with E-state index in [4.69, 9.17) is 11.6 Å². The normalized spacial score (nSPS) is 15.6. The van der Waals surface area contributed by atoms with Crippen molar-refractivity contribution in [2.24, 2.45) is 0 Å². The number of hydrogen-bond acceptors (Lipinski definition) is 5. The number of hydrogen-bond donors (Lipinski definition) is 2. The van der Waals surface area contributed by atoms with Crippen LogP contribution in [0.3, 0.4) is 0 Å². The van der Waals surface area contributed by atoms with Crippen molar-refractivity contribution in [3.05, 3.63) is 51.7 Å². The zero-order chi connectivity index (χ0) is 22.0. The molecule has 0 bridgehead atoms. The molecule has 164 valence electrons. The number of pyridine rings is 1. The van der Waals surface area contributed by atoms with Crippen LogP contribution in [-0.4, -0.2) is 64.8 Å². The lowest BCUT2D eigenvalue weighted by Crippen LogP contribution is -2.51. The average Bonchev–Trinajstić information content (AvgIpc) is 3.23. The first kappa shape index (κ1) is 22.0.